The Hall–Kier alpha value is -2.91. The number of esters is 1. The van der Waals surface area contributed by atoms with Crippen LogP contribution in [0, 0.1) is 23.7 Å². The largest absolute Gasteiger partial charge is 0.496 e. The minimum Gasteiger partial charge on any atom is -0.496 e. The molecule has 3 fully saturated rings. The molecule has 1 aromatic rings. The molecule has 8 nitrogen and oxygen atoms in total. The lowest BCUT2D eigenvalue weighted by atomic mass is 9.74. The quantitative estimate of drug-likeness (QED) is 0.250. The highest BCUT2D eigenvalue weighted by atomic mass is 32.1. The van der Waals surface area contributed by atoms with Gasteiger partial charge in [0.1, 0.15) is 5.75 Å². The number of hydroxylamine groups is 2. The molecule has 41 heavy (non-hydrogen) atoms. The van der Waals surface area contributed by atoms with Crippen molar-refractivity contribution in [2.45, 2.75) is 57.9 Å². The normalized spacial score (nSPS) is 25.4. The number of thiocarbonyl (C=S) groups is 1. The summed E-state index contributed by atoms with van der Waals surface area (Å²) in [6.45, 7) is 5.28. The van der Waals surface area contributed by atoms with Crippen LogP contribution in [0.25, 0.3) is 0 Å². The zero-order valence-corrected chi connectivity index (χ0v) is 25.1. The molecule has 2 unspecified atom stereocenters. The monoisotopic (exact) mass is 581 g/mol. The Balaban J connectivity index is 1.12. The number of hydrogen-bond donors (Lipinski definition) is 1. The average molecular weight is 582 g/mol. The summed E-state index contributed by atoms with van der Waals surface area (Å²) in [5.41, 5.74) is 0.545. The molecule has 0 aromatic heterocycles. The fraction of sp³-hybridized carbons (Fsp3) is 0.594. The maximum absolute atomic E-state index is 13.5. The predicted molar refractivity (Wildman–Crippen MR) is 162 cm³/mol. The van der Waals surface area contributed by atoms with E-state index in [2.05, 4.69) is 36.5 Å². The molecule has 0 saturated carbocycles. The summed E-state index contributed by atoms with van der Waals surface area (Å²) >= 11 is 5.77. The van der Waals surface area contributed by atoms with Crippen LogP contribution in [-0.2, 0) is 9.53 Å². The van der Waals surface area contributed by atoms with Gasteiger partial charge < -0.3 is 24.5 Å². The third kappa shape index (κ3) is 7.12. The molecule has 0 radical (unpaired) electrons. The topological polar surface area (TPSA) is 80.3 Å². The summed E-state index contributed by atoms with van der Waals surface area (Å²) in [5, 5.41) is 5.42. The summed E-state index contributed by atoms with van der Waals surface area (Å²) < 4.78 is 11.0. The average Bonchev–Trinajstić information content (AvgIpc) is 3.01. The van der Waals surface area contributed by atoms with Gasteiger partial charge in [-0.15, -0.1) is 5.06 Å². The Kier molecular flexibility index (Phi) is 9.98. The number of amides is 1. The van der Waals surface area contributed by atoms with E-state index in [1.807, 2.05) is 16.0 Å². The van der Waals surface area contributed by atoms with Crippen LogP contribution in [0.5, 0.6) is 11.5 Å². The van der Waals surface area contributed by atoms with Gasteiger partial charge in [-0.3, -0.25) is 9.59 Å². The molecule has 1 aliphatic carbocycles. The minimum atomic E-state index is -0.0998. The number of unbranched alkanes of at least 4 members (excludes halogenated alkanes) is 1. The van der Waals surface area contributed by atoms with Crippen LogP contribution in [0.3, 0.4) is 0 Å². The summed E-state index contributed by atoms with van der Waals surface area (Å²) in [5.74, 6) is 2.26. The number of carbonyl (C=O) groups excluding carboxylic acids is 2. The minimum absolute atomic E-state index is 0.0148. The molecule has 3 atom stereocenters. The second-order valence-electron chi connectivity index (χ2n) is 11.6. The maximum atomic E-state index is 13.5. The highest BCUT2D eigenvalue weighted by molar-refractivity contribution is 7.80. The predicted octanol–water partition coefficient (Wildman–Crippen LogP) is 4.94. The molecule has 1 aromatic carbocycles. The molecule has 4 aliphatic rings. The zero-order chi connectivity index (χ0) is 28.8. The molecule has 5 rings (SSSR count). The second-order valence-corrected chi connectivity index (χ2v) is 12.1. The summed E-state index contributed by atoms with van der Waals surface area (Å²) in [7, 11) is 1.58. The van der Waals surface area contributed by atoms with E-state index in [0.29, 0.717) is 86.5 Å². The highest BCUT2D eigenvalue weighted by Crippen LogP contribution is 2.37. The fourth-order valence-corrected chi connectivity index (χ4v) is 6.88. The van der Waals surface area contributed by atoms with Gasteiger partial charge in [0.2, 0.25) is 0 Å². The molecule has 3 saturated heterocycles. The van der Waals surface area contributed by atoms with Gasteiger partial charge in [0, 0.05) is 44.1 Å². The van der Waals surface area contributed by atoms with Crippen LogP contribution >= 0.6 is 12.2 Å². The number of nitrogens with zero attached hydrogens (tertiary/aromatic N) is 2. The first kappa shape index (κ1) is 29.6. The van der Waals surface area contributed by atoms with Crippen molar-refractivity contribution >= 4 is 29.1 Å². The number of methoxy groups -OCH3 is 1. The fourth-order valence-electron chi connectivity index (χ4n) is 6.46. The Bertz CT molecular complexity index is 1150. The van der Waals surface area contributed by atoms with Crippen LogP contribution in [0.1, 0.15) is 62.2 Å². The molecule has 3 aliphatic heterocycles. The van der Waals surface area contributed by atoms with E-state index in [-0.39, 0.29) is 17.8 Å². The first-order chi connectivity index (χ1) is 20.0. The Labute approximate surface area is 249 Å². The van der Waals surface area contributed by atoms with E-state index in [9.17, 15) is 9.59 Å². The Morgan fingerprint density at radius 3 is 2.54 bits per heavy atom. The smallest absolute Gasteiger partial charge is 0.309 e. The van der Waals surface area contributed by atoms with Crippen molar-refractivity contribution in [2.75, 3.05) is 39.9 Å². The number of ether oxygens (including phenoxy) is 2. The number of benzene rings is 1. The number of piperidine rings is 3. The van der Waals surface area contributed by atoms with Gasteiger partial charge in [0.05, 0.1) is 36.2 Å². The van der Waals surface area contributed by atoms with Crippen molar-refractivity contribution in [3.05, 3.63) is 48.1 Å². The van der Waals surface area contributed by atoms with Gasteiger partial charge in [-0.25, -0.2) is 0 Å². The highest BCUT2D eigenvalue weighted by Gasteiger charge is 2.38. The van der Waals surface area contributed by atoms with Crippen molar-refractivity contribution in [1.82, 2.24) is 15.3 Å². The van der Waals surface area contributed by atoms with E-state index in [1.54, 1.807) is 19.2 Å². The van der Waals surface area contributed by atoms with Gasteiger partial charge in [-0.05, 0) is 56.6 Å². The van der Waals surface area contributed by atoms with E-state index >= 15 is 0 Å². The van der Waals surface area contributed by atoms with Crippen molar-refractivity contribution < 1.29 is 23.9 Å². The SMILES string of the molecule is CCCCOC(=O)C1CCN(Oc2ccc(C(=O)N3CCC(C4CC5C=CC=C[C@H]5NC4=S)CC3)c(OC)c2)CC1. The number of carbonyl (C=O) groups is 2. The lowest BCUT2D eigenvalue weighted by Gasteiger charge is -2.42. The van der Waals surface area contributed by atoms with Crippen LogP contribution in [0.4, 0.5) is 0 Å². The van der Waals surface area contributed by atoms with Crippen LogP contribution in [0.2, 0.25) is 0 Å². The third-order valence-electron chi connectivity index (χ3n) is 8.98. The molecular weight excluding hydrogens is 538 g/mol. The first-order valence-electron chi connectivity index (χ1n) is 15.2. The lowest BCUT2D eigenvalue weighted by molar-refractivity contribution is -0.154. The summed E-state index contributed by atoms with van der Waals surface area (Å²) in [6, 6.07) is 5.71. The first-order valence-corrected chi connectivity index (χ1v) is 15.6. The van der Waals surface area contributed by atoms with E-state index in [1.165, 1.54) is 0 Å². The zero-order valence-electron chi connectivity index (χ0n) is 24.3. The van der Waals surface area contributed by atoms with E-state index in [4.69, 9.17) is 26.5 Å². The molecule has 1 amide bonds. The van der Waals surface area contributed by atoms with E-state index in [0.717, 1.165) is 37.1 Å². The van der Waals surface area contributed by atoms with Gasteiger partial charge in [0.25, 0.3) is 5.91 Å². The van der Waals surface area contributed by atoms with Crippen molar-refractivity contribution in [1.29, 1.82) is 0 Å². The standard InChI is InChI=1S/C32H43N3O5S/c1-3-4-19-39-32(37)23-13-17-35(18-14-23)40-25-9-10-26(29(21-25)38-2)31(36)34-15-11-22(12-16-34)27-20-24-7-5-6-8-28(24)33-30(27)41/h5-10,21-24,27-28H,3-4,11-20H2,1-2H3,(H,33,41)/t24?,27?,28-/m1/s1. The lowest BCUT2D eigenvalue weighted by Crippen LogP contribution is -2.51. The van der Waals surface area contributed by atoms with Gasteiger partial charge in [0.15, 0.2) is 5.75 Å². The molecule has 0 spiro atoms. The van der Waals surface area contributed by atoms with Crippen molar-refractivity contribution in [3.63, 3.8) is 0 Å². The molecular formula is C32H43N3O5S. The Morgan fingerprint density at radius 2 is 1.80 bits per heavy atom. The number of rotatable bonds is 9. The number of allylic oxidation sites excluding steroid dienone is 2. The molecule has 222 valence electrons. The van der Waals surface area contributed by atoms with Gasteiger partial charge in [-0.2, -0.15) is 0 Å². The molecule has 3 heterocycles. The number of hydrogen-bond acceptors (Lipinski definition) is 7. The second kappa shape index (κ2) is 13.8. The summed E-state index contributed by atoms with van der Waals surface area (Å²) in [6.07, 6.45) is 15.0. The third-order valence-corrected chi connectivity index (χ3v) is 9.40. The Morgan fingerprint density at radius 1 is 1.05 bits per heavy atom. The number of fused-ring (bicyclic) bond motifs is 1. The number of likely N-dealkylation sites (tertiary alicyclic amines) is 1. The maximum Gasteiger partial charge on any atom is 0.309 e. The van der Waals surface area contributed by atoms with Crippen molar-refractivity contribution in [3.8, 4) is 11.5 Å². The molecule has 1 N–H and O–H groups in total. The van der Waals surface area contributed by atoms with Crippen LogP contribution in [-0.4, -0.2) is 72.8 Å². The van der Waals surface area contributed by atoms with Crippen LogP contribution in [0.15, 0.2) is 42.5 Å². The van der Waals surface area contributed by atoms with E-state index < -0.39 is 0 Å². The van der Waals surface area contributed by atoms with Crippen molar-refractivity contribution in [2.24, 2.45) is 23.7 Å². The van der Waals surface area contributed by atoms with Gasteiger partial charge >= 0.3 is 5.97 Å². The van der Waals surface area contributed by atoms with Crippen LogP contribution < -0.4 is 14.9 Å². The number of nitrogens with one attached hydrogen (secondary N) is 1. The summed E-state index contributed by atoms with van der Waals surface area (Å²) in [4.78, 5) is 34.8. The molecule has 9 heteroatoms. The molecule has 0 bridgehead atoms. The van der Waals surface area contributed by atoms with Gasteiger partial charge in [-0.1, -0.05) is 49.9 Å².